The summed E-state index contributed by atoms with van der Waals surface area (Å²) < 4.78 is 0. The molecule has 1 aromatic carbocycles. The van der Waals surface area contributed by atoms with Gasteiger partial charge in [-0.05, 0) is 37.5 Å². The van der Waals surface area contributed by atoms with Gasteiger partial charge >= 0.3 is 6.03 Å². The molecule has 2 aromatic rings. The molecular formula is C20H22N4O3S. The number of hydrazine groups is 1. The van der Waals surface area contributed by atoms with Gasteiger partial charge in [-0.3, -0.25) is 15.0 Å². The molecule has 2 heterocycles. The smallest absolute Gasteiger partial charge is 0.322 e. The van der Waals surface area contributed by atoms with Crippen molar-refractivity contribution in [3.05, 3.63) is 35.9 Å². The summed E-state index contributed by atoms with van der Waals surface area (Å²) in [7, 11) is 0. The maximum absolute atomic E-state index is 12.7. The maximum atomic E-state index is 12.7. The van der Waals surface area contributed by atoms with Crippen LogP contribution in [-0.4, -0.2) is 39.1 Å². The van der Waals surface area contributed by atoms with Crippen molar-refractivity contribution in [2.75, 3.05) is 5.75 Å². The Kier molecular flexibility index (Phi) is 4.97. The van der Waals surface area contributed by atoms with Crippen LogP contribution in [0.15, 0.2) is 35.4 Å². The zero-order valence-corrected chi connectivity index (χ0v) is 16.5. The second-order valence-electron chi connectivity index (χ2n) is 7.33. The van der Waals surface area contributed by atoms with Gasteiger partial charge in [0.2, 0.25) is 5.91 Å². The van der Waals surface area contributed by atoms with Gasteiger partial charge in [-0.15, -0.1) is 0 Å². The van der Waals surface area contributed by atoms with E-state index >= 15 is 0 Å². The first-order valence-electron chi connectivity index (χ1n) is 9.44. The molecule has 0 unspecified atom stereocenters. The highest BCUT2D eigenvalue weighted by Crippen LogP contribution is 2.33. The van der Waals surface area contributed by atoms with Crippen LogP contribution >= 0.6 is 11.8 Å². The van der Waals surface area contributed by atoms with Crippen LogP contribution in [0.25, 0.3) is 10.9 Å². The van der Waals surface area contributed by atoms with E-state index in [-0.39, 0.29) is 11.7 Å². The van der Waals surface area contributed by atoms with Gasteiger partial charge in [0, 0.05) is 5.39 Å². The lowest BCUT2D eigenvalue weighted by atomic mass is 9.82. The molecule has 2 N–H and O–H groups in total. The number of rotatable bonds is 4. The van der Waals surface area contributed by atoms with Crippen molar-refractivity contribution >= 4 is 40.5 Å². The standard InChI is InChI=1S/C20H22N4O3S/c1-13-11-17(21-15-8-4-3-7-14(13)15)28-12-16(25)23-24-18(26)20(22-19(24)27)9-5-2-6-10-20/h3-4,7-8,11H,2,5-6,9-10,12H2,1H3,(H,22,27)(H,23,25). The molecule has 1 saturated heterocycles. The van der Waals surface area contributed by atoms with Gasteiger partial charge in [-0.1, -0.05) is 49.2 Å². The zero-order chi connectivity index (χ0) is 19.7. The minimum atomic E-state index is -0.841. The monoisotopic (exact) mass is 398 g/mol. The minimum Gasteiger partial charge on any atom is -0.322 e. The third-order valence-corrected chi connectivity index (χ3v) is 6.27. The summed E-state index contributed by atoms with van der Waals surface area (Å²) in [4.78, 5) is 41.8. The number of nitrogens with zero attached hydrogens (tertiary/aromatic N) is 2. The van der Waals surface area contributed by atoms with E-state index in [0.717, 1.165) is 45.8 Å². The number of benzene rings is 1. The molecule has 4 rings (SSSR count). The van der Waals surface area contributed by atoms with E-state index in [1.807, 2.05) is 37.3 Å². The van der Waals surface area contributed by atoms with Gasteiger partial charge in [0.25, 0.3) is 5.91 Å². The van der Waals surface area contributed by atoms with Gasteiger partial charge in [0.1, 0.15) is 5.54 Å². The van der Waals surface area contributed by atoms with Gasteiger partial charge in [-0.2, -0.15) is 5.01 Å². The third-order valence-electron chi connectivity index (χ3n) is 5.36. The largest absolute Gasteiger partial charge is 0.344 e. The van der Waals surface area contributed by atoms with Crippen molar-refractivity contribution in [3.63, 3.8) is 0 Å². The highest BCUT2D eigenvalue weighted by atomic mass is 32.2. The van der Waals surface area contributed by atoms with Crippen LogP contribution in [0.5, 0.6) is 0 Å². The number of para-hydroxylation sites is 1. The number of amides is 4. The summed E-state index contributed by atoms with van der Waals surface area (Å²) in [6, 6.07) is 9.22. The van der Waals surface area contributed by atoms with Gasteiger partial charge in [0.15, 0.2) is 0 Å². The van der Waals surface area contributed by atoms with Crippen LogP contribution in [0, 0.1) is 6.92 Å². The van der Waals surface area contributed by atoms with Gasteiger partial charge < -0.3 is 5.32 Å². The SMILES string of the molecule is Cc1cc(SCC(=O)NN2C(=O)NC3(CCCCC3)C2=O)nc2ccccc12. The Morgan fingerprint density at radius 2 is 2.00 bits per heavy atom. The molecule has 8 heteroatoms. The summed E-state index contributed by atoms with van der Waals surface area (Å²) in [5.74, 6) is -0.696. The number of aromatic nitrogens is 1. The lowest BCUT2D eigenvalue weighted by Crippen LogP contribution is -2.51. The molecule has 2 aliphatic rings. The molecule has 0 atom stereocenters. The fraction of sp³-hybridized carbons (Fsp3) is 0.400. The van der Waals surface area contributed by atoms with E-state index in [2.05, 4.69) is 15.7 Å². The maximum Gasteiger partial charge on any atom is 0.344 e. The highest BCUT2D eigenvalue weighted by Gasteiger charge is 2.52. The molecule has 146 valence electrons. The number of aryl methyl sites for hydroxylation is 1. The lowest BCUT2D eigenvalue weighted by Gasteiger charge is -2.30. The molecule has 0 radical (unpaired) electrons. The molecule has 1 saturated carbocycles. The number of imide groups is 1. The molecule has 2 fully saturated rings. The zero-order valence-electron chi connectivity index (χ0n) is 15.7. The third kappa shape index (κ3) is 3.44. The average Bonchev–Trinajstić information content (AvgIpc) is 2.91. The van der Waals surface area contributed by atoms with Crippen molar-refractivity contribution in [1.29, 1.82) is 0 Å². The summed E-state index contributed by atoms with van der Waals surface area (Å²) in [6.07, 6.45) is 4.11. The number of hydrogen-bond acceptors (Lipinski definition) is 5. The second kappa shape index (κ2) is 7.43. The highest BCUT2D eigenvalue weighted by molar-refractivity contribution is 7.99. The van der Waals surface area contributed by atoms with Crippen LogP contribution in [-0.2, 0) is 9.59 Å². The molecule has 0 bridgehead atoms. The van der Waals surface area contributed by atoms with E-state index in [1.165, 1.54) is 11.8 Å². The quantitative estimate of drug-likeness (QED) is 0.610. The predicted molar refractivity (Wildman–Crippen MR) is 107 cm³/mol. The number of fused-ring (bicyclic) bond motifs is 1. The van der Waals surface area contributed by atoms with E-state index in [9.17, 15) is 14.4 Å². The van der Waals surface area contributed by atoms with Crippen molar-refractivity contribution in [1.82, 2.24) is 20.7 Å². The molecule has 7 nitrogen and oxygen atoms in total. The molecule has 4 amide bonds. The van der Waals surface area contributed by atoms with Crippen LogP contribution in [0.3, 0.4) is 0 Å². The molecular weight excluding hydrogens is 376 g/mol. The Balaban J connectivity index is 1.40. The topological polar surface area (TPSA) is 91.4 Å². The minimum absolute atomic E-state index is 0.0643. The number of thioether (sulfide) groups is 1. The number of hydrogen-bond donors (Lipinski definition) is 2. The normalized spacial score (nSPS) is 18.5. The van der Waals surface area contributed by atoms with E-state index in [4.69, 9.17) is 0 Å². The Hall–Kier alpha value is -2.61. The van der Waals surface area contributed by atoms with Crippen LogP contribution in [0.1, 0.15) is 37.7 Å². The fourth-order valence-electron chi connectivity index (χ4n) is 3.90. The Morgan fingerprint density at radius 3 is 2.79 bits per heavy atom. The molecule has 28 heavy (non-hydrogen) atoms. The first kappa shape index (κ1) is 18.7. The van der Waals surface area contributed by atoms with Crippen LogP contribution < -0.4 is 10.7 Å². The average molecular weight is 398 g/mol. The van der Waals surface area contributed by atoms with Crippen molar-refractivity contribution in [3.8, 4) is 0 Å². The van der Waals surface area contributed by atoms with E-state index < -0.39 is 17.5 Å². The summed E-state index contributed by atoms with van der Waals surface area (Å²) >= 11 is 1.28. The fourth-order valence-corrected chi connectivity index (χ4v) is 4.67. The lowest BCUT2D eigenvalue weighted by molar-refractivity contribution is -0.139. The molecule has 1 aliphatic carbocycles. The number of carbonyl (C=O) groups is 3. The Bertz CT molecular complexity index is 956. The molecule has 1 spiro atoms. The molecule has 1 aliphatic heterocycles. The summed E-state index contributed by atoms with van der Waals surface area (Å²) in [5, 5.41) is 5.43. The number of nitrogens with one attached hydrogen (secondary N) is 2. The van der Waals surface area contributed by atoms with E-state index in [0.29, 0.717) is 12.8 Å². The first-order valence-corrected chi connectivity index (χ1v) is 10.4. The second-order valence-corrected chi connectivity index (χ2v) is 8.33. The molecule has 1 aromatic heterocycles. The summed E-state index contributed by atoms with van der Waals surface area (Å²) in [5.41, 5.74) is 3.57. The summed E-state index contributed by atoms with van der Waals surface area (Å²) in [6.45, 7) is 2.00. The number of pyridine rings is 1. The Morgan fingerprint density at radius 1 is 1.25 bits per heavy atom. The van der Waals surface area contributed by atoms with Crippen molar-refractivity contribution < 1.29 is 14.4 Å². The van der Waals surface area contributed by atoms with E-state index in [1.54, 1.807) is 0 Å². The van der Waals surface area contributed by atoms with Crippen LogP contribution in [0.4, 0.5) is 4.79 Å². The first-order chi connectivity index (χ1) is 13.5. The van der Waals surface area contributed by atoms with Gasteiger partial charge in [0.05, 0.1) is 16.3 Å². The van der Waals surface area contributed by atoms with Crippen molar-refractivity contribution in [2.24, 2.45) is 0 Å². The number of carbonyl (C=O) groups excluding carboxylic acids is 3. The van der Waals surface area contributed by atoms with Gasteiger partial charge in [-0.25, -0.2) is 9.78 Å². The van der Waals surface area contributed by atoms with Crippen molar-refractivity contribution in [2.45, 2.75) is 49.6 Å². The predicted octanol–water partition coefficient (Wildman–Crippen LogP) is 2.92. The van der Waals surface area contributed by atoms with Crippen LogP contribution in [0.2, 0.25) is 0 Å². The Labute approximate surface area is 167 Å². The number of urea groups is 1.